The molecule has 2 rings (SSSR count). The van der Waals surface area contributed by atoms with Crippen molar-refractivity contribution in [3.8, 4) is 0 Å². The number of hydrogen-bond donors (Lipinski definition) is 0. The molecule has 0 saturated heterocycles. The Balaban J connectivity index is 2.17. The van der Waals surface area contributed by atoms with Crippen LogP contribution in [0.4, 0.5) is 5.69 Å². The molecule has 0 radical (unpaired) electrons. The van der Waals surface area contributed by atoms with Crippen molar-refractivity contribution < 1.29 is 0 Å². The number of nitrogens with zero attached hydrogens (tertiary/aromatic N) is 1. The van der Waals surface area contributed by atoms with Gasteiger partial charge in [0.1, 0.15) is 0 Å². The molecule has 0 aliphatic carbocycles. The minimum absolute atomic E-state index is 0.568. The van der Waals surface area contributed by atoms with Gasteiger partial charge in [-0.1, -0.05) is 44.2 Å². The van der Waals surface area contributed by atoms with E-state index in [1.807, 2.05) is 18.3 Å². The van der Waals surface area contributed by atoms with Crippen LogP contribution in [0.2, 0.25) is 0 Å². The average molecular weight is 349 g/mol. The highest BCUT2D eigenvalue weighted by atomic mass is 127. The average Bonchev–Trinajstić information content (AvgIpc) is 2.38. The topological polar surface area (TPSA) is 12.4 Å². The van der Waals surface area contributed by atoms with Crippen LogP contribution in [0.25, 0.3) is 0 Å². The van der Waals surface area contributed by atoms with Gasteiger partial charge in [-0.3, -0.25) is 4.99 Å². The maximum absolute atomic E-state index is 4.51. The van der Waals surface area contributed by atoms with Crippen molar-refractivity contribution in [3.05, 3.63) is 63.2 Å². The fourth-order valence-electron chi connectivity index (χ4n) is 1.67. The molecule has 2 heteroatoms. The summed E-state index contributed by atoms with van der Waals surface area (Å²) in [5, 5.41) is 0. The van der Waals surface area contributed by atoms with Gasteiger partial charge in [-0.25, -0.2) is 0 Å². The standard InChI is InChI=1S/C16H16IN/c1-12(2)13-7-9-15(10-8-13)18-11-14-5-3-4-6-16(14)17/h3-12H,1-2H3. The Morgan fingerprint density at radius 3 is 2.28 bits per heavy atom. The summed E-state index contributed by atoms with van der Waals surface area (Å²) >= 11 is 2.33. The van der Waals surface area contributed by atoms with Gasteiger partial charge in [0.15, 0.2) is 0 Å². The molecule has 1 nitrogen and oxygen atoms in total. The van der Waals surface area contributed by atoms with E-state index in [4.69, 9.17) is 0 Å². The first kappa shape index (κ1) is 13.3. The van der Waals surface area contributed by atoms with E-state index in [0.29, 0.717) is 5.92 Å². The Morgan fingerprint density at radius 2 is 1.67 bits per heavy atom. The van der Waals surface area contributed by atoms with Crippen LogP contribution in [0.5, 0.6) is 0 Å². The molecule has 0 unspecified atom stereocenters. The van der Waals surface area contributed by atoms with Gasteiger partial charge in [0.2, 0.25) is 0 Å². The Bertz CT molecular complexity index is 541. The lowest BCUT2D eigenvalue weighted by molar-refractivity contribution is 0.867. The Kier molecular flexibility index (Phi) is 4.53. The molecule has 18 heavy (non-hydrogen) atoms. The fourth-order valence-corrected chi connectivity index (χ4v) is 2.20. The summed E-state index contributed by atoms with van der Waals surface area (Å²) in [6.07, 6.45) is 1.92. The van der Waals surface area contributed by atoms with E-state index < -0.39 is 0 Å². The van der Waals surface area contributed by atoms with Crippen LogP contribution in [-0.2, 0) is 0 Å². The van der Waals surface area contributed by atoms with Gasteiger partial charge < -0.3 is 0 Å². The first-order chi connectivity index (χ1) is 8.66. The van der Waals surface area contributed by atoms with Gasteiger partial charge in [0.25, 0.3) is 0 Å². The zero-order valence-corrected chi connectivity index (χ0v) is 12.8. The van der Waals surface area contributed by atoms with E-state index >= 15 is 0 Å². The van der Waals surface area contributed by atoms with Crippen LogP contribution in [-0.4, -0.2) is 6.21 Å². The van der Waals surface area contributed by atoms with Crippen molar-refractivity contribution in [2.24, 2.45) is 4.99 Å². The molecule has 0 aliphatic rings. The quantitative estimate of drug-likeness (QED) is 0.536. The molecule has 2 aromatic carbocycles. The van der Waals surface area contributed by atoms with E-state index in [-0.39, 0.29) is 0 Å². The minimum atomic E-state index is 0.568. The molecule has 92 valence electrons. The third kappa shape index (κ3) is 3.42. The summed E-state index contributed by atoms with van der Waals surface area (Å²) in [4.78, 5) is 4.51. The number of aliphatic imine (C=N–C) groups is 1. The molecule has 0 aromatic heterocycles. The van der Waals surface area contributed by atoms with E-state index in [2.05, 4.69) is 77.8 Å². The largest absolute Gasteiger partial charge is 0.256 e. The van der Waals surface area contributed by atoms with E-state index in [1.54, 1.807) is 0 Å². The molecule has 2 aromatic rings. The van der Waals surface area contributed by atoms with Gasteiger partial charge in [0, 0.05) is 15.3 Å². The molecule has 0 atom stereocenters. The van der Waals surface area contributed by atoms with E-state index in [1.165, 1.54) is 9.13 Å². The predicted octanol–water partition coefficient (Wildman–Crippen LogP) is 5.17. The first-order valence-electron chi connectivity index (χ1n) is 6.05. The van der Waals surface area contributed by atoms with Crippen molar-refractivity contribution in [2.45, 2.75) is 19.8 Å². The number of rotatable bonds is 3. The van der Waals surface area contributed by atoms with Gasteiger partial charge in [-0.2, -0.15) is 0 Å². The summed E-state index contributed by atoms with van der Waals surface area (Å²) < 4.78 is 1.22. The summed E-state index contributed by atoms with van der Waals surface area (Å²) in [7, 11) is 0. The van der Waals surface area contributed by atoms with Gasteiger partial charge in [0.05, 0.1) is 5.69 Å². The number of hydrogen-bond acceptors (Lipinski definition) is 1. The first-order valence-corrected chi connectivity index (χ1v) is 7.13. The summed E-state index contributed by atoms with van der Waals surface area (Å²) in [6.45, 7) is 4.40. The van der Waals surface area contributed by atoms with Crippen molar-refractivity contribution in [3.63, 3.8) is 0 Å². The van der Waals surface area contributed by atoms with Crippen LogP contribution in [0.1, 0.15) is 30.9 Å². The third-order valence-electron chi connectivity index (χ3n) is 2.82. The molecular weight excluding hydrogens is 333 g/mol. The molecular formula is C16H16IN. The summed E-state index contributed by atoms with van der Waals surface area (Å²) in [6, 6.07) is 16.7. The lowest BCUT2D eigenvalue weighted by atomic mass is 10.0. The highest BCUT2D eigenvalue weighted by molar-refractivity contribution is 14.1. The van der Waals surface area contributed by atoms with E-state index in [0.717, 1.165) is 11.3 Å². The summed E-state index contributed by atoms with van der Waals surface area (Å²) in [5.74, 6) is 0.568. The maximum atomic E-state index is 4.51. The Labute approximate surface area is 122 Å². The van der Waals surface area contributed by atoms with Crippen molar-refractivity contribution in [1.82, 2.24) is 0 Å². The molecule has 0 saturated carbocycles. The molecule has 0 heterocycles. The van der Waals surface area contributed by atoms with Gasteiger partial charge in [-0.15, -0.1) is 0 Å². The maximum Gasteiger partial charge on any atom is 0.0630 e. The second kappa shape index (κ2) is 6.14. The second-order valence-corrected chi connectivity index (χ2v) is 5.69. The normalized spacial score (nSPS) is 11.3. The number of halogens is 1. The number of benzene rings is 2. The Morgan fingerprint density at radius 1 is 1.00 bits per heavy atom. The lowest BCUT2D eigenvalue weighted by Gasteiger charge is -2.04. The molecule has 0 amide bonds. The molecule has 0 fully saturated rings. The summed E-state index contributed by atoms with van der Waals surface area (Å²) in [5.41, 5.74) is 3.51. The van der Waals surface area contributed by atoms with Crippen LogP contribution in [0.3, 0.4) is 0 Å². The molecule has 0 aliphatic heterocycles. The third-order valence-corrected chi connectivity index (χ3v) is 3.80. The van der Waals surface area contributed by atoms with Crippen LogP contribution in [0, 0.1) is 3.57 Å². The van der Waals surface area contributed by atoms with Crippen LogP contribution in [0.15, 0.2) is 53.5 Å². The van der Waals surface area contributed by atoms with Crippen LogP contribution >= 0.6 is 22.6 Å². The monoisotopic (exact) mass is 349 g/mol. The minimum Gasteiger partial charge on any atom is -0.256 e. The fraction of sp³-hybridized carbons (Fsp3) is 0.188. The highest BCUT2D eigenvalue weighted by Gasteiger charge is 1.98. The Hall–Kier alpha value is -1.16. The zero-order chi connectivity index (χ0) is 13.0. The van der Waals surface area contributed by atoms with Gasteiger partial charge >= 0.3 is 0 Å². The lowest BCUT2D eigenvalue weighted by Crippen LogP contribution is -1.86. The predicted molar refractivity (Wildman–Crippen MR) is 86.9 cm³/mol. The van der Waals surface area contributed by atoms with Crippen molar-refractivity contribution >= 4 is 34.5 Å². The van der Waals surface area contributed by atoms with E-state index in [9.17, 15) is 0 Å². The molecule has 0 bridgehead atoms. The molecule has 0 N–H and O–H groups in total. The van der Waals surface area contributed by atoms with Crippen LogP contribution < -0.4 is 0 Å². The zero-order valence-electron chi connectivity index (χ0n) is 10.6. The van der Waals surface area contributed by atoms with Crippen molar-refractivity contribution in [2.75, 3.05) is 0 Å². The SMILES string of the molecule is CC(C)c1ccc(N=Cc2ccccc2I)cc1. The smallest absolute Gasteiger partial charge is 0.0630 e. The highest BCUT2D eigenvalue weighted by Crippen LogP contribution is 2.19. The molecule has 0 spiro atoms. The van der Waals surface area contributed by atoms with Crippen molar-refractivity contribution in [1.29, 1.82) is 0 Å². The van der Waals surface area contributed by atoms with Gasteiger partial charge in [-0.05, 0) is 52.3 Å². The second-order valence-electron chi connectivity index (χ2n) is 4.53.